The minimum Gasteiger partial charge on any atom is -0.291 e. The summed E-state index contributed by atoms with van der Waals surface area (Å²) in [6, 6.07) is 0. The smallest absolute Gasteiger partial charge is 0.0292 e. The Morgan fingerprint density at radius 2 is 1.73 bits per heavy atom. The summed E-state index contributed by atoms with van der Waals surface area (Å²) in [6.07, 6.45) is 3.78. The minimum atomic E-state index is 0.897. The van der Waals surface area contributed by atoms with Gasteiger partial charge in [-0.05, 0) is 26.2 Å². The van der Waals surface area contributed by atoms with Crippen LogP contribution in [-0.4, -0.2) is 24.5 Å². The van der Waals surface area contributed by atoms with Crippen molar-refractivity contribution in [3.63, 3.8) is 0 Å². The summed E-state index contributed by atoms with van der Waals surface area (Å²) in [5.41, 5.74) is 0. The van der Waals surface area contributed by atoms with Crippen molar-refractivity contribution in [1.82, 2.24) is 4.90 Å². The van der Waals surface area contributed by atoms with Crippen molar-refractivity contribution in [1.29, 1.82) is 0 Å². The van der Waals surface area contributed by atoms with Gasteiger partial charge in [-0.15, -0.1) is 13.2 Å². The molecule has 0 rings (SSSR count). The van der Waals surface area contributed by atoms with Gasteiger partial charge in [-0.1, -0.05) is 18.7 Å². The highest BCUT2D eigenvalue weighted by Gasteiger charge is 1.99. The van der Waals surface area contributed by atoms with Gasteiger partial charge >= 0.3 is 0 Å². The van der Waals surface area contributed by atoms with E-state index in [-0.39, 0.29) is 0 Å². The zero-order chi connectivity index (χ0) is 8.69. The average Bonchev–Trinajstić information content (AvgIpc) is 1.87. The van der Waals surface area contributed by atoms with Crippen molar-refractivity contribution in [3.8, 4) is 0 Å². The Hall–Kier alpha value is -0.0900. The SMILES string of the molecule is C=CCN(CC=C)CC(=C)I. The monoisotopic (exact) mass is 263 g/mol. The number of hydrogen-bond donors (Lipinski definition) is 0. The second-order valence-corrected chi connectivity index (χ2v) is 3.81. The molecule has 0 aromatic carbocycles. The van der Waals surface area contributed by atoms with Gasteiger partial charge in [0, 0.05) is 19.6 Å². The van der Waals surface area contributed by atoms with Gasteiger partial charge in [-0.25, -0.2) is 0 Å². The molecule has 0 bridgehead atoms. The summed E-state index contributed by atoms with van der Waals surface area (Å²) in [6.45, 7) is 13.9. The lowest BCUT2D eigenvalue weighted by atomic mass is 10.4. The van der Waals surface area contributed by atoms with Crippen LogP contribution in [0.4, 0.5) is 0 Å². The molecule has 2 heteroatoms. The zero-order valence-electron chi connectivity index (χ0n) is 6.72. The Balaban J connectivity index is 3.76. The van der Waals surface area contributed by atoms with E-state index in [1.54, 1.807) is 0 Å². The van der Waals surface area contributed by atoms with E-state index in [0.717, 1.165) is 23.2 Å². The molecular formula is C9H14IN. The van der Waals surface area contributed by atoms with Crippen LogP contribution in [0.5, 0.6) is 0 Å². The summed E-state index contributed by atoms with van der Waals surface area (Å²) >= 11 is 2.23. The zero-order valence-corrected chi connectivity index (χ0v) is 8.88. The molecule has 0 aliphatic carbocycles. The topological polar surface area (TPSA) is 3.24 Å². The van der Waals surface area contributed by atoms with E-state index in [1.807, 2.05) is 12.2 Å². The maximum atomic E-state index is 3.84. The maximum absolute atomic E-state index is 3.84. The molecule has 0 radical (unpaired) electrons. The molecule has 0 unspecified atom stereocenters. The first-order chi connectivity index (χ1) is 5.20. The second-order valence-electron chi connectivity index (χ2n) is 2.29. The van der Waals surface area contributed by atoms with Crippen molar-refractivity contribution in [3.05, 3.63) is 35.5 Å². The van der Waals surface area contributed by atoms with Crippen molar-refractivity contribution in [2.24, 2.45) is 0 Å². The van der Waals surface area contributed by atoms with Gasteiger partial charge in [-0.2, -0.15) is 0 Å². The number of nitrogens with zero attached hydrogens (tertiary/aromatic N) is 1. The number of rotatable bonds is 6. The van der Waals surface area contributed by atoms with E-state index >= 15 is 0 Å². The van der Waals surface area contributed by atoms with E-state index in [0.29, 0.717) is 0 Å². The molecule has 1 nitrogen and oxygen atoms in total. The molecular weight excluding hydrogens is 249 g/mol. The van der Waals surface area contributed by atoms with Gasteiger partial charge in [0.25, 0.3) is 0 Å². The highest BCUT2D eigenvalue weighted by Crippen LogP contribution is 2.04. The molecule has 0 fully saturated rings. The third-order valence-corrected chi connectivity index (χ3v) is 1.51. The van der Waals surface area contributed by atoms with Crippen LogP contribution in [0.25, 0.3) is 0 Å². The van der Waals surface area contributed by atoms with E-state index in [2.05, 4.69) is 47.2 Å². The molecule has 0 heterocycles. The lowest BCUT2D eigenvalue weighted by Crippen LogP contribution is -2.24. The van der Waals surface area contributed by atoms with Crippen LogP contribution in [0.3, 0.4) is 0 Å². The summed E-state index contributed by atoms with van der Waals surface area (Å²) in [5.74, 6) is 0. The van der Waals surface area contributed by atoms with Crippen LogP contribution in [-0.2, 0) is 0 Å². The minimum absolute atomic E-state index is 0.897. The van der Waals surface area contributed by atoms with E-state index in [4.69, 9.17) is 0 Å². The largest absolute Gasteiger partial charge is 0.291 e. The van der Waals surface area contributed by atoms with Crippen LogP contribution in [0.1, 0.15) is 0 Å². The number of halogens is 1. The van der Waals surface area contributed by atoms with Crippen molar-refractivity contribution in [2.75, 3.05) is 19.6 Å². The predicted molar refractivity (Wildman–Crippen MR) is 60.0 cm³/mol. The fourth-order valence-electron chi connectivity index (χ4n) is 0.811. The van der Waals surface area contributed by atoms with Crippen LogP contribution in [0.2, 0.25) is 0 Å². The molecule has 0 amide bonds. The molecule has 0 aliphatic rings. The summed E-state index contributed by atoms with van der Waals surface area (Å²) < 4.78 is 1.14. The van der Waals surface area contributed by atoms with Gasteiger partial charge in [0.1, 0.15) is 0 Å². The van der Waals surface area contributed by atoms with E-state index < -0.39 is 0 Å². The first kappa shape index (κ1) is 10.9. The number of hydrogen-bond acceptors (Lipinski definition) is 1. The fourth-order valence-corrected chi connectivity index (χ4v) is 1.29. The normalized spacial score (nSPS) is 9.64. The Labute approximate surface area is 82.6 Å². The maximum Gasteiger partial charge on any atom is 0.0292 e. The molecule has 0 atom stereocenters. The average molecular weight is 263 g/mol. The van der Waals surface area contributed by atoms with Gasteiger partial charge in [0.15, 0.2) is 0 Å². The predicted octanol–water partition coefficient (Wildman–Crippen LogP) is 2.61. The second kappa shape index (κ2) is 6.61. The summed E-state index contributed by atoms with van der Waals surface area (Å²) in [4.78, 5) is 2.22. The van der Waals surface area contributed by atoms with Crippen molar-refractivity contribution < 1.29 is 0 Å². The fraction of sp³-hybridized carbons (Fsp3) is 0.333. The van der Waals surface area contributed by atoms with Gasteiger partial charge in [-0.3, -0.25) is 4.90 Å². The van der Waals surface area contributed by atoms with E-state index in [1.165, 1.54) is 0 Å². The third kappa shape index (κ3) is 6.31. The lowest BCUT2D eigenvalue weighted by Gasteiger charge is -2.17. The third-order valence-electron chi connectivity index (χ3n) is 1.17. The van der Waals surface area contributed by atoms with Crippen molar-refractivity contribution in [2.45, 2.75) is 0 Å². The molecule has 11 heavy (non-hydrogen) atoms. The molecule has 0 saturated heterocycles. The quantitative estimate of drug-likeness (QED) is 0.526. The van der Waals surface area contributed by atoms with E-state index in [9.17, 15) is 0 Å². The molecule has 0 spiro atoms. The van der Waals surface area contributed by atoms with Crippen molar-refractivity contribution >= 4 is 22.6 Å². The van der Waals surface area contributed by atoms with Crippen LogP contribution >= 0.6 is 22.6 Å². The van der Waals surface area contributed by atoms with Crippen LogP contribution < -0.4 is 0 Å². The first-order valence-corrected chi connectivity index (χ1v) is 4.56. The Bertz CT molecular complexity index is 142. The van der Waals surface area contributed by atoms with Gasteiger partial charge in [0.05, 0.1) is 0 Å². The standard InChI is InChI=1S/C9H14IN/c1-4-6-11(7-5-2)8-9(3)10/h4-5H,1-3,6-8H2. The Morgan fingerprint density at radius 3 is 2.00 bits per heavy atom. The molecule has 0 saturated carbocycles. The summed E-state index contributed by atoms with van der Waals surface area (Å²) in [7, 11) is 0. The Kier molecular flexibility index (Phi) is 6.56. The lowest BCUT2D eigenvalue weighted by molar-refractivity contribution is 0.372. The molecule has 0 aromatic heterocycles. The molecule has 0 aliphatic heterocycles. The highest BCUT2D eigenvalue weighted by atomic mass is 127. The Morgan fingerprint density at radius 1 is 1.27 bits per heavy atom. The molecule has 0 N–H and O–H groups in total. The van der Waals surface area contributed by atoms with Crippen LogP contribution in [0, 0.1) is 0 Å². The van der Waals surface area contributed by atoms with Gasteiger partial charge < -0.3 is 0 Å². The first-order valence-electron chi connectivity index (χ1n) is 3.48. The van der Waals surface area contributed by atoms with Gasteiger partial charge in [0.2, 0.25) is 0 Å². The van der Waals surface area contributed by atoms with Crippen LogP contribution in [0.15, 0.2) is 35.5 Å². The molecule has 0 aromatic rings. The highest BCUT2D eigenvalue weighted by molar-refractivity contribution is 14.1. The summed E-state index contributed by atoms with van der Waals surface area (Å²) in [5, 5.41) is 0. The molecule has 62 valence electrons.